The zero-order valence-electron chi connectivity index (χ0n) is 13.3. The normalized spacial score (nSPS) is 15.1. The van der Waals surface area contributed by atoms with Crippen molar-refractivity contribution in [1.29, 1.82) is 0 Å². The SMILES string of the molecule is COc1ccc(F)c(-c2ccc(CCl)cc2CN2CCCC2)c1. The Morgan fingerprint density at radius 2 is 1.87 bits per heavy atom. The van der Waals surface area contributed by atoms with Crippen molar-refractivity contribution in [1.82, 2.24) is 4.90 Å². The Morgan fingerprint density at radius 1 is 1.09 bits per heavy atom. The van der Waals surface area contributed by atoms with Crippen LogP contribution in [0.3, 0.4) is 0 Å². The van der Waals surface area contributed by atoms with Crippen molar-refractivity contribution in [2.75, 3.05) is 20.2 Å². The summed E-state index contributed by atoms with van der Waals surface area (Å²) in [6, 6.07) is 10.9. The summed E-state index contributed by atoms with van der Waals surface area (Å²) >= 11 is 5.99. The average molecular weight is 334 g/mol. The molecule has 2 aromatic carbocycles. The first kappa shape index (κ1) is 16.3. The minimum atomic E-state index is -0.230. The topological polar surface area (TPSA) is 12.5 Å². The molecule has 4 heteroatoms. The van der Waals surface area contributed by atoms with Gasteiger partial charge in [-0.25, -0.2) is 4.39 Å². The molecule has 0 bridgehead atoms. The summed E-state index contributed by atoms with van der Waals surface area (Å²) in [6.07, 6.45) is 2.47. The van der Waals surface area contributed by atoms with Crippen molar-refractivity contribution in [3.8, 4) is 16.9 Å². The molecule has 0 amide bonds. The van der Waals surface area contributed by atoms with Crippen LogP contribution in [0.15, 0.2) is 36.4 Å². The second-order valence-corrected chi connectivity index (χ2v) is 6.22. The number of benzene rings is 2. The van der Waals surface area contributed by atoms with Crippen LogP contribution in [-0.2, 0) is 12.4 Å². The van der Waals surface area contributed by atoms with E-state index in [9.17, 15) is 4.39 Å². The van der Waals surface area contributed by atoms with Crippen molar-refractivity contribution < 1.29 is 9.13 Å². The van der Waals surface area contributed by atoms with E-state index in [1.54, 1.807) is 19.2 Å². The highest BCUT2D eigenvalue weighted by molar-refractivity contribution is 6.17. The molecule has 23 heavy (non-hydrogen) atoms. The summed E-state index contributed by atoms with van der Waals surface area (Å²) in [5, 5.41) is 0. The Hall–Kier alpha value is -1.58. The highest BCUT2D eigenvalue weighted by atomic mass is 35.5. The van der Waals surface area contributed by atoms with Crippen molar-refractivity contribution in [3.05, 3.63) is 53.3 Å². The molecule has 2 aromatic rings. The van der Waals surface area contributed by atoms with Gasteiger partial charge in [-0.15, -0.1) is 11.6 Å². The molecule has 0 N–H and O–H groups in total. The molecule has 3 rings (SSSR count). The maximum absolute atomic E-state index is 14.4. The molecule has 0 aromatic heterocycles. The van der Waals surface area contributed by atoms with Gasteiger partial charge in [0.05, 0.1) is 7.11 Å². The molecule has 2 nitrogen and oxygen atoms in total. The number of methoxy groups -OCH3 is 1. The lowest BCUT2D eigenvalue weighted by Gasteiger charge is -2.19. The number of halogens is 2. The minimum Gasteiger partial charge on any atom is -0.497 e. The van der Waals surface area contributed by atoms with Crippen LogP contribution in [0, 0.1) is 5.82 Å². The third kappa shape index (κ3) is 3.67. The molecule has 0 aliphatic carbocycles. The summed E-state index contributed by atoms with van der Waals surface area (Å²) in [5.41, 5.74) is 3.69. The molecule has 1 heterocycles. The molecule has 0 atom stereocenters. The molecule has 0 radical (unpaired) electrons. The van der Waals surface area contributed by atoms with E-state index in [2.05, 4.69) is 11.0 Å². The van der Waals surface area contributed by atoms with Crippen molar-refractivity contribution in [3.63, 3.8) is 0 Å². The van der Waals surface area contributed by atoms with Gasteiger partial charge in [-0.1, -0.05) is 18.2 Å². The van der Waals surface area contributed by atoms with Gasteiger partial charge in [0, 0.05) is 18.0 Å². The van der Waals surface area contributed by atoms with Crippen molar-refractivity contribution >= 4 is 11.6 Å². The molecule has 0 saturated carbocycles. The first-order valence-electron chi connectivity index (χ1n) is 7.95. The number of hydrogen-bond acceptors (Lipinski definition) is 2. The Balaban J connectivity index is 2.03. The fourth-order valence-electron chi connectivity index (χ4n) is 3.14. The number of likely N-dealkylation sites (tertiary alicyclic amines) is 1. The second-order valence-electron chi connectivity index (χ2n) is 5.95. The van der Waals surface area contributed by atoms with E-state index < -0.39 is 0 Å². The standard InChI is InChI=1S/C19H21ClFNO/c1-23-16-5-7-19(21)18(11-16)17-6-4-14(12-20)10-15(17)13-22-8-2-3-9-22/h4-7,10-11H,2-3,8-9,12-13H2,1H3. The number of hydrogen-bond donors (Lipinski definition) is 0. The smallest absolute Gasteiger partial charge is 0.131 e. The highest BCUT2D eigenvalue weighted by Gasteiger charge is 2.17. The van der Waals surface area contributed by atoms with Crippen LogP contribution in [0.5, 0.6) is 5.75 Å². The van der Waals surface area contributed by atoms with Crippen LogP contribution in [0.25, 0.3) is 11.1 Å². The molecule has 1 aliphatic heterocycles. The summed E-state index contributed by atoms with van der Waals surface area (Å²) in [4.78, 5) is 2.41. The fourth-order valence-corrected chi connectivity index (χ4v) is 3.31. The number of rotatable bonds is 5. The summed E-state index contributed by atoms with van der Waals surface area (Å²) in [6.45, 7) is 3.03. The van der Waals surface area contributed by atoms with E-state index in [0.717, 1.165) is 36.3 Å². The monoisotopic (exact) mass is 333 g/mol. The second kappa shape index (κ2) is 7.33. The Morgan fingerprint density at radius 3 is 2.57 bits per heavy atom. The largest absolute Gasteiger partial charge is 0.497 e. The van der Waals surface area contributed by atoms with E-state index in [0.29, 0.717) is 17.2 Å². The Labute approximate surface area is 141 Å². The Bertz CT molecular complexity index is 683. The quantitative estimate of drug-likeness (QED) is 0.726. The predicted molar refractivity (Wildman–Crippen MR) is 92.5 cm³/mol. The zero-order chi connectivity index (χ0) is 16.2. The van der Waals surface area contributed by atoms with Crippen molar-refractivity contribution in [2.24, 2.45) is 0 Å². The summed E-state index contributed by atoms with van der Waals surface area (Å²) < 4.78 is 19.6. The molecule has 1 fully saturated rings. The van der Waals surface area contributed by atoms with Crippen LogP contribution in [0.4, 0.5) is 4.39 Å². The van der Waals surface area contributed by atoms with Gasteiger partial charge in [-0.05, 0) is 60.8 Å². The summed E-state index contributed by atoms with van der Waals surface area (Å²) in [7, 11) is 1.60. The van der Waals surface area contributed by atoms with Gasteiger partial charge in [-0.3, -0.25) is 4.90 Å². The van der Waals surface area contributed by atoms with Crippen LogP contribution in [0.1, 0.15) is 24.0 Å². The third-order valence-corrected chi connectivity index (χ3v) is 4.69. The molecule has 1 saturated heterocycles. The van der Waals surface area contributed by atoms with E-state index >= 15 is 0 Å². The molecule has 0 spiro atoms. The molecular weight excluding hydrogens is 313 g/mol. The predicted octanol–water partition coefficient (Wildman–Crippen LogP) is 4.84. The average Bonchev–Trinajstić information content (AvgIpc) is 3.08. The first-order chi connectivity index (χ1) is 11.2. The van der Waals surface area contributed by atoms with E-state index in [4.69, 9.17) is 16.3 Å². The van der Waals surface area contributed by atoms with E-state index in [-0.39, 0.29) is 5.82 Å². The van der Waals surface area contributed by atoms with Gasteiger partial charge >= 0.3 is 0 Å². The molecule has 1 aliphatic rings. The Kier molecular flexibility index (Phi) is 5.19. The number of ether oxygens (including phenoxy) is 1. The van der Waals surface area contributed by atoms with Gasteiger partial charge in [0.25, 0.3) is 0 Å². The summed E-state index contributed by atoms with van der Waals surface area (Å²) in [5.74, 6) is 0.899. The zero-order valence-corrected chi connectivity index (χ0v) is 14.1. The van der Waals surface area contributed by atoms with Crippen LogP contribution < -0.4 is 4.74 Å². The number of alkyl halides is 1. The van der Waals surface area contributed by atoms with Crippen molar-refractivity contribution in [2.45, 2.75) is 25.3 Å². The van der Waals surface area contributed by atoms with Crippen LogP contribution in [-0.4, -0.2) is 25.1 Å². The van der Waals surface area contributed by atoms with Gasteiger partial charge < -0.3 is 4.74 Å². The third-order valence-electron chi connectivity index (χ3n) is 4.38. The highest BCUT2D eigenvalue weighted by Crippen LogP contribution is 2.32. The lowest BCUT2D eigenvalue weighted by Crippen LogP contribution is -2.19. The minimum absolute atomic E-state index is 0.230. The maximum atomic E-state index is 14.4. The van der Waals surface area contributed by atoms with Gasteiger partial charge in [0.15, 0.2) is 0 Å². The molecule has 122 valence electrons. The van der Waals surface area contributed by atoms with Crippen LogP contribution >= 0.6 is 11.6 Å². The van der Waals surface area contributed by atoms with Gasteiger partial charge in [0.2, 0.25) is 0 Å². The number of nitrogens with zero attached hydrogens (tertiary/aromatic N) is 1. The maximum Gasteiger partial charge on any atom is 0.131 e. The van der Waals surface area contributed by atoms with Gasteiger partial charge in [-0.2, -0.15) is 0 Å². The fraction of sp³-hybridized carbons (Fsp3) is 0.368. The van der Waals surface area contributed by atoms with E-state index in [1.165, 1.54) is 18.9 Å². The van der Waals surface area contributed by atoms with E-state index in [1.807, 2.05) is 12.1 Å². The molecular formula is C19H21ClFNO. The lowest BCUT2D eigenvalue weighted by molar-refractivity contribution is 0.332. The lowest BCUT2D eigenvalue weighted by atomic mass is 9.96. The first-order valence-corrected chi connectivity index (χ1v) is 8.48. The molecule has 0 unspecified atom stereocenters. The van der Waals surface area contributed by atoms with Gasteiger partial charge in [0.1, 0.15) is 11.6 Å². The van der Waals surface area contributed by atoms with Crippen LogP contribution in [0.2, 0.25) is 0 Å².